The molecule has 0 fully saturated rings. The number of methoxy groups -OCH3 is 1. The summed E-state index contributed by atoms with van der Waals surface area (Å²) < 4.78 is 9.88. The van der Waals surface area contributed by atoms with E-state index in [-0.39, 0.29) is 6.42 Å². The monoisotopic (exact) mass is 284 g/mol. The Morgan fingerprint density at radius 2 is 1.80 bits per heavy atom. The number of aliphatic hydroxyl groups is 3. The number of aliphatic hydroxyl groups excluding tert-OH is 3. The maximum absolute atomic E-state index is 11.0. The van der Waals surface area contributed by atoms with E-state index in [4.69, 9.17) is 14.6 Å². The number of carbonyl (C=O) groups is 1. The smallest absolute Gasteiger partial charge is 0.303 e. The third kappa shape index (κ3) is 4.80. The molecule has 0 aliphatic carbocycles. The van der Waals surface area contributed by atoms with Gasteiger partial charge in [-0.25, -0.2) is 0 Å². The zero-order valence-corrected chi connectivity index (χ0v) is 11.5. The van der Waals surface area contributed by atoms with Crippen molar-refractivity contribution < 1.29 is 29.6 Å². The van der Waals surface area contributed by atoms with Gasteiger partial charge in [-0.15, -0.1) is 0 Å². The lowest BCUT2D eigenvalue weighted by Crippen LogP contribution is -2.43. The summed E-state index contributed by atoms with van der Waals surface area (Å²) in [7, 11) is 1.55. The molecular weight excluding hydrogens is 264 g/mol. The van der Waals surface area contributed by atoms with Gasteiger partial charge in [0.05, 0.1) is 19.8 Å². The summed E-state index contributed by atoms with van der Waals surface area (Å²) in [5.41, 5.74) is 0.792. The van der Waals surface area contributed by atoms with Gasteiger partial charge in [0.2, 0.25) is 0 Å². The van der Waals surface area contributed by atoms with E-state index in [2.05, 4.69) is 0 Å². The maximum atomic E-state index is 11.0. The highest BCUT2D eigenvalue weighted by atomic mass is 16.6. The molecule has 0 bridgehead atoms. The maximum Gasteiger partial charge on any atom is 0.303 e. The highest BCUT2D eigenvalue weighted by molar-refractivity contribution is 5.66. The molecule has 112 valence electrons. The van der Waals surface area contributed by atoms with Crippen LogP contribution in [0.25, 0.3) is 0 Å². The minimum absolute atomic E-state index is 0.180. The lowest BCUT2D eigenvalue weighted by Gasteiger charge is -2.26. The minimum Gasteiger partial charge on any atom is -0.497 e. The molecule has 0 saturated heterocycles. The van der Waals surface area contributed by atoms with Crippen LogP contribution in [0.1, 0.15) is 12.5 Å². The number of hydrogen-bond acceptors (Lipinski definition) is 6. The average molecular weight is 284 g/mol. The van der Waals surface area contributed by atoms with Gasteiger partial charge in [0, 0.05) is 13.3 Å². The van der Waals surface area contributed by atoms with Gasteiger partial charge in [-0.1, -0.05) is 12.1 Å². The van der Waals surface area contributed by atoms with E-state index in [1.165, 1.54) is 6.92 Å². The first kappa shape index (κ1) is 16.4. The van der Waals surface area contributed by atoms with Crippen molar-refractivity contribution in [3.05, 3.63) is 29.8 Å². The van der Waals surface area contributed by atoms with Gasteiger partial charge < -0.3 is 24.8 Å². The third-order valence-electron chi connectivity index (χ3n) is 2.85. The van der Waals surface area contributed by atoms with Gasteiger partial charge >= 0.3 is 5.97 Å². The molecule has 6 heteroatoms. The summed E-state index contributed by atoms with van der Waals surface area (Å²) in [6.07, 6.45) is -3.43. The summed E-state index contributed by atoms with van der Waals surface area (Å²) in [4.78, 5) is 11.0. The second-order valence-electron chi connectivity index (χ2n) is 4.44. The third-order valence-corrected chi connectivity index (χ3v) is 2.85. The van der Waals surface area contributed by atoms with Crippen molar-refractivity contribution in [2.45, 2.75) is 31.7 Å². The molecule has 1 aromatic carbocycles. The normalized spacial score (nSPS) is 15.2. The van der Waals surface area contributed by atoms with Gasteiger partial charge in [-0.2, -0.15) is 0 Å². The first-order valence-electron chi connectivity index (χ1n) is 6.25. The molecule has 0 radical (unpaired) electrons. The van der Waals surface area contributed by atoms with Crippen molar-refractivity contribution in [2.24, 2.45) is 0 Å². The molecule has 20 heavy (non-hydrogen) atoms. The summed E-state index contributed by atoms with van der Waals surface area (Å²) >= 11 is 0. The molecule has 0 aromatic heterocycles. The number of hydrogen-bond donors (Lipinski definition) is 3. The van der Waals surface area contributed by atoms with Crippen molar-refractivity contribution in [1.29, 1.82) is 0 Å². The van der Waals surface area contributed by atoms with Crippen molar-refractivity contribution in [1.82, 2.24) is 0 Å². The molecular formula is C14H20O6. The Labute approximate surface area is 117 Å². The molecule has 0 heterocycles. The van der Waals surface area contributed by atoms with Crippen LogP contribution >= 0.6 is 0 Å². The summed E-state index contributed by atoms with van der Waals surface area (Å²) in [6, 6.07) is 7.01. The van der Waals surface area contributed by atoms with E-state index in [0.717, 1.165) is 5.56 Å². The van der Waals surface area contributed by atoms with Crippen molar-refractivity contribution in [3.8, 4) is 5.75 Å². The lowest BCUT2D eigenvalue weighted by molar-refractivity contribution is -0.164. The Balaban J connectivity index is 2.73. The number of rotatable bonds is 7. The number of benzene rings is 1. The summed E-state index contributed by atoms with van der Waals surface area (Å²) in [5, 5.41) is 28.6. The zero-order valence-electron chi connectivity index (χ0n) is 11.5. The zero-order chi connectivity index (χ0) is 15.1. The molecule has 3 atom stereocenters. The second kappa shape index (κ2) is 7.84. The van der Waals surface area contributed by atoms with Crippen LogP contribution in [0.2, 0.25) is 0 Å². The van der Waals surface area contributed by atoms with E-state index in [0.29, 0.717) is 5.75 Å². The fraction of sp³-hybridized carbons (Fsp3) is 0.500. The van der Waals surface area contributed by atoms with Gasteiger partial charge in [-0.3, -0.25) is 4.79 Å². The first-order chi connectivity index (χ1) is 9.47. The summed E-state index contributed by atoms with van der Waals surface area (Å²) in [6.45, 7) is 0.578. The molecule has 0 aliphatic heterocycles. The van der Waals surface area contributed by atoms with Crippen molar-refractivity contribution in [2.75, 3.05) is 13.7 Å². The Bertz CT molecular complexity index is 416. The van der Waals surface area contributed by atoms with Crippen LogP contribution in [-0.4, -0.2) is 53.3 Å². The van der Waals surface area contributed by atoms with Crippen LogP contribution in [0.3, 0.4) is 0 Å². The molecule has 6 nitrogen and oxygen atoms in total. The topological polar surface area (TPSA) is 96.2 Å². The predicted molar refractivity (Wildman–Crippen MR) is 71.4 cm³/mol. The van der Waals surface area contributed by atoms with Crippen molar-refractivity contribution in [3.63, 3.8) is 0 Å². The molecule has 0 aliphatic rings. The van der Waals surface area contributed by atoms with Crippen LogP contribution in [0, 0.1) is 0 Å². The Morgan fingerprint density at radius 3 is 2.25 bits per heavy atom. The van der Waals surface area contributed by atoms with E-state index in [9.17, 15) is 15.0 Å². The van der Waals surface area contributed by atoms with Crippen LogP contribution in [0.5, 0.6) is 5.75 Å². The van der Waals surface area contributed by atoms with Crippen LogP contribution in [-0.2, 0) is 16.0 Å². The van der Waals surface area contributed by atoms with Gasteiger partial charge in [0.25, 0.3) is 0 Å². The molecule has 3 N–H and O–H groups in total. The summed E-state index contributed by atoms with van der Waals surface area (Å²) in [5.74, 6) is 0.0615. The standard InChI is InChI=1S/C14H20O6/c1-9(16)20-14(13(18)8-15)12(17)7-10-3-5-11(19-2)6-4-10/h3-6,12-15,17-18H,7-8H2,1-2H3/t12-,13-,14-/m1/s1. The molecule has 1 rings (SSSR count). The number of ether oxygens (including phenoxy) is 2. The van der Waals surface area contributed by atoms with E-state index >= 15 is 0 Å². The predicted octanol–water partition coefficient (Wildman–Crippen LogP) is -0.117. The van der Waals surface area contributed by atoms with Gasteiger partial charge in [0.1, 0.15) is 11.9 Å². The van der Waals surface area contributed by atoms with Crippen LogP contribution in [0.4, 0.5) is 0 Å². The molecule has 0 amide bonds. The fourth-order valence-electron chi connectivity index (χ4n) is 1.83. The van der Waals surface area contributed by atoms with E-state index < -0.39 is 30.9 Å². The van der Waals surface area contributed by atoms with E-state index in [1.807, 2.05) is 0 Å². The average Bonchev–Trinajstić information content (AvgIpc) is 2.44. The highest BCUT2D eigenvalue weighted by Crippen LogP contribution is 2.16. The Morgan fingerprint density at radius 1 is 1.20 bits per heavy atom. The van der Waals surface area contributed by atoms with E-state index in [1.54, 1.807) is 31.4 Å². The SMILES string of the molecule is COc1ccc(C[C@@H](O)[C@@H](OC(C)=O)[C@H](O)CO)cc1. The van der Waals surface area contributed by atoms with Crippen molar-refractivity contribution >= 4 is 5.97 Å². The van der Waals surface area contributed by atoms with Gasteiger partial charge in [-0.05, 0) is 17.7 Å². The molecule has 1 aromatic rings. The number of esters is 1. The first-order valence-corrected chi connectivity index (χ1v) is 6.25. The Hall–Kier alpha value is -1.63. The molecule has 0 unspecified atom stereocenters. The molecule has 0 spiro atoms. The molecule has 0 saturated carbocycles. The largest absolute Gasteiger partial charge is 0.497 e. The van der Waals surface area contributed by atoms with Crippen LogP contribution < -0.4 is 4.74 Å². The van der Waals surface area contributed by atoms with Gasteiger partial charge in [0.15, 0.2) is 6.10 Å². The Kier molecular flexibility index (Phi) is 6.44. The lowest BCUT2D eigenvalue weighted by atomic mass is 10.0. The number of carbonyl (C=O) groups excluding carboxylic acids is 1. The fourth-order valence-corrected chi connectivity index (χ4v) is 1.83. The highest BCUT2D eigenvalue weighted by Gasteiger charge is 2.29. The minimum atomic E-state index is -1.33. The van der Waals surface area contributed by atoms with Crippen LogP contribution in [0.15, 0.2) is 24.3 Å². The second-order valence-corrected chi connectivity index (χ2v) is 4.44. The quantitative estimate of drug-likeness (QED) is 0.604.